The van der Waals surface area contributed by atoms with Crippen molar-refractivity contribution in [2.45, 2.75) is 13.8 Å². The lowest BCUT2D eigenvalue weighted by molar-refractivity contribution is 0.487. The van der Waals surface area contributed by atoms with Gasteiger partial charge < -0.3 is 9.30 Å². The third-order valence-electron chi connectivity index (χ3n) is 15.7. The van der Waals surface area contributed by atoms with E-state index in [1.807, 2.05) is 78.9 Å². The number of hydrogen-bond donors (Lipinski definition) is 0. The Morgan fingerprint density at radius 1 is 0.338 bits per heavy atom. The number of hydrogen-bond acceptors (Lipinski definition) is 7. The molecule has 0 amide bonds. The molecule has 0 fully saturated rings. The maximum Gasteiger partial charge on any atom is 0.256 e. The molecular weight excluding hydrogens is 942 g/mol. The highest BCUT2D eigenvalue weighted by Crippen LogP contribution is 2.44. The molecule has 4 aliphatic rings. The van der Waals surface area contributed by atoms with Crippen LogP contribution < -0.4 is 21.1 Å². The highest BCUT2D eigenvalue weighted by Gasteiger charge is 2.42. The van der Waals surface area contributed by atoms with Crippen LogP contribution >= 0.6 is 0 Å². The molecule has 0 N–H and O–H groups in total. The Bertz CT molecular complexity index is 4540. The second-order valence-electron chi connectivity index (χ2n) is 20.4. The monoisotopic (exact) mass is 983 g/mol. The molecule has 8 nitrogen and oxygen atoms in total. The second kappa shape index (κ2) is 16.7. The Labute approximate surface area is 444 Å². The fourth-order valence-corrected chi connectivity index (χ4v) is 12.2. The third kappa shape index (κ3) is 6.87. The molecule has 358 valence electrons. The molecule has 0 atom stereocenters. The van der Waals surface area contributed by atoms with Crippen molar-refractivity contribution in [2.75, 3.05) is 0 Å². The quantitative estimate of drug-likeness (QED) is 0.159. The minimum absolute atomic E-state index is 0.224. The smallest absolute Gasteiger partial charge is 0.256 e. The number of benzene rings is 10. The molecular formula is C68H42BN7O. The van der Waals surface area contributed by atoms with Gasteiger partial charge in [0, 0.05) is 55.4 Å². The van der Waals surface area contributed by atoms with Gasteiger partial charge in [0.05, 0.1) is 5.52 Å². The fraction of sp³-hybridized carbons (Fsp3) is 0.0294. The summed E-state index contributed by atoms with van der Waals surface area (Å²) in [5.74, 6) is 5.24. The van der Waals surface area contributed by atoms with E-state index in [-0.39, 0.29) is 6.71 Å². The molecule has 77 heavy (non-hydrogen) atoms. The Morgan fingerprint density at radius 2 is 0.818 bits per heavy atom. The number of rotatable bonds is 5. The fourth-order valence-electron chi connectivity index (χ4n) is 12.2. The van der Waals surface area contributed by atoms with Gasteiger partial charge in [-0.2, -0.15) is 0 Å². The molecule has 13 aromatic rings. The summed E-state index contributed by atoms with van der Waals surface area (Å²) in [5, 5.41) is 2.10. The summed E-state index contributed by atoms with van der Waals surface area (Å²) in [6.07, 6.45) is 0. The summed E-state index contributed by atoms with van der Waals surface area (Å²) in [7, 11) is 0. The molecule has 4 aliphatic heterocycles. The number of ether oxygens (including phenoxy) is 1. The van der Waals surface area contributed by atoms with Crippen molar-refractivity contribution in [3.05, 3.63) is 230 Å². The van der Waals surface area contributed by atoms with E-state index in [4.69, 9.17) is 34.6 Å². The molecule has 0 saturated heterocycles. The van der Waals surface area contributed by atoms with Gasteiger partial charge >= 0.3 is 0 Å². The molecule has 17 rings (SSSR count). The van der Waals surface area contributed by atoms with Crippen LogP contribution in [0.1, 0.15) is 11.1 Å². The van der Waals surface area contributed by atoms with Crippen LogP contribution in [0.2, 0.25) is 0 Å². The lowest BCUT2D eigenvalue weighted by Crippen LogP contribution is -2.58. The predicted molar refractivity (Wildman–Crippen MR) is 311 cm³/mol. The average molecular weight is 984 g/mol. The minimum Gasteiger partial charge on any atom is -0.458 e. The minimum atomic E-state index is -0.224. The van der Waals surface area contributed by atoms with Gasteiger partial charge in [-0.1, -0.05) is 170 Å². The molecule has 0 radical (unpaired) electrons. The van der Waals surface area contributed by atoms with Gasteiger partial charge in [0.15, 0.2) is 34.9 Å². The Kier molecular flexibility index (Phi) is 9.39. The Balaban J connectivity index is 1.04. The first kappa shape index (κ1) is 43.3. The van der Waals surface area contributed by atoms with E-state index in [1.54, 1.807) is 0 Å². The Hall–Kier alpha value is -10.1. The van der Waals surface area contributed by atoms with E-state index >= 15 is 0 Å². The molecule has 7 heterocycles. The van der Waals surface area contributed by atoms with Crippen LogP contribution in [-0.2, 0) is 0 Å². The molecule has 3 aromatic heterocycles. The lowest BCUT2D eigenvalue weighted by Gasteiger charge is -2.34. The summed E-state index contributed by atoms with van der Waals surface area (Å²) in [4.78, 5) is 31.5. The molecule has 10 aromatic carbocycles. The van der Waals surface area contributed by atoms with Crippen LogP contribution in [0.15, 0.2) is 218 Å². The lowest BCUT2D eigenvalue weighted by atomic mass is 9.34. The standard InChI is InChI=1S/C68H42BN7O/c1-39-30-49-31-40(2)60(39)46-27-29-58-54(35-46)69-55-36-51(68-74-65(44-22-13-6-14-23-44)71-66(75-68)47-25-15-24-45(49)32-47)34-53-52-33-48(67-72-63(42-18-9-4-10-19-42)70-64(73-67)43-20-11-5-12-21-43)26-28-56(52)76(62(53)55)57-37-50(38-59(77-58)61(57)69)41-16-7-3-8-17-41/h3-38H,1-2H3. The van der Waals surface area contributed by atoms with E-state index in [0.29, 0.717) is 34.9 Å². The molecule has 9 heteroatoms. The largest absolute Gasteiger partial charge is 0.458 e. The first-order chi connectivity index (χ1) is 37.9. The summed E-state index contributed by atoms with van der Waals surface area (Å²) in [6.45, 7) is 4.23. The topological polar surface area (TPSA) is 91.5 Å². The predicted octanol–water partition coefficient (Wildman–Crippen LogP) is 14.0. The zero-order valence-electron chi connectivity index (χ0n) is 41.9. The van der Waals surface area contributed by atoms with Gasteiger partial charge in [-0.05, 0) is 123 Å². The highest BCUT2D eigenvalue weighted by atomic mass is 16.5. The van der Waals surface area contributed by atoms with E-state index < -0.39 is 0 Å². The van der Waals surface area contributed by atoms with Crippen LogP contribution in [0.25, 0.3) is 129 Å². The van der Waals surface area contributed by atoms with E-state index in [2.05, 4.69) is 158 Å². The van der Waals surface area contributed by atoms with Crippen LogP contribution in [0.5, 0.6) is 11.5 Å². The summed E-state index contributed by atoms with van der Waals surface area (Å²) >= 11 is 0. The van der Waals surface area contributed by atoms with Gasteiger partial charge in [0.1, 0.15) is 11.5 Å². The van der Waals surface area contributed by atoms with Crippen molar-refractivity contribution in [3.63, 3.8) is 0 Å². The average Bonchev–Trinajstić information content (AvgIpc) is 3.91. The van der Waals surface area contributed by atoms with Crippen molar-refractivity contribution in [1.82, 2.24) is 34.5 Å². The number of aromatic nitrogens is 7. The van der Waals surface area contributed by atoms with Gasteiger partial charge in [-0.25, -0.2) is 29.9 Å². The van der Waals surface area contributed by atoms with Gasteiger partial charge in [0.25, 0.3) is 6.71 Å². The summed E-state index contributed by atoms with van der Waals surface area (Å²) in [6, 6.07) is 76.9. The van der Waals surface area contributed by atoms with Gasteiger partial charge in [-0.15, -0.1) is 0 Å². The normalized spacial score (nSPS) is 12.4. The molecule has 10 bridgehead atoms. The number of aryl methyl sites for hydroxylation is 2. The second-order valence-corrected chi connectivity index (χ2v) is 20.4. The van der Waals surface area contributed by atoms with Crippen LogP contribution in [0.3, 0.4) is 0 Å². The maximum absolute atomic E-state index is 7.21. The summed E-state index contributed by atoms with van der Waals surface area (Å²) < 4.78 is 9.67. The van der Waals surface area contributed by atoms with Crippen molar-refractivity contribution < 1.29 is 4.74 Å². The molecule has 0 aliphatic carbocycles. The van der Waals surface area contributed by atoms with Crippen LogP contribution in [-0.4, -0.2) is 41.2 Å². The zero-order valence-corrected chi connectivity index (χ0v) is 41.9. The van der Waals surface area contributed by atoms with Crippen molar-refractivity contribution in [1.29, 1.82) is 0 Å². The Morgan fingerprint density at radius 3 is 1.43 bits per heavy atom. The van der Waals surface area contributed by atoms with E-state index in [9.17, 15) is 0 Å². The zero-order chi connectivity index (χ0) is 50.9. The SMILES string of the molecule is Cc1cc2cc(C)c1-c1ccc3c(c1)B1c4c(cc(-c5ccccc5)cc4-n4c5ccc(-c6nc(-c7ccccc7)nc(-c7ccccc7)n6)cc5c5cc(cc1c54)-c1nc(-c4ccccc4)nc(n1)-c1cccc-2c1)O3. The van der Waals surface area contributed by atoms with Crippen molar-refractivity contribution in [3.8, 4) is 119 Å². The summed E-state index contributed by atoms with van der Waals surface area (Å²) in [5.41, 5.74) is 21.1. The number of fused-ring (bicyclic) bond motifs is 6. The van der Waals surface area contributed by atoms with Crippen LogP contribution in [0, 0.1) is 13.8 Å². The number of nitrogens with zero attached hydrogens (tertiary/aromatic N) is 7. The molecule has 0 spiro atoms. The highest BCUT2D eigenvalue weighted by molar-refractivity contribution is 6.99. The van der Waals surface area contributed by atoms with Gasteiger partial charge in [-0.3, -0.25) is 0 Å². The molecule has 0 unspecified atom stereocenters. The van der Waals surface area contributed by atoms with Crippen LogP contribution in [0.4, 0.5) is 0 Å². The van der Waals surface area contributed by atoms with Crippen molar-refractivity contribution >= 4 is 44.9 Å². The maximum atomic E-state index is 7.21. The third-order valence-corrected chi connectivity index (χ3v) is 15.7. The van der Waals surface area contributed by atoms with Crippen molar-refractivity contribution in [2.24, 2.45) is 0 Å². The first-order valence-electron chi connectivity index (χ1n) is 26.0. The van der Waals surface area contributed by atoms with E-state index in [0.717, 1.165) is 117 Å². The van der Waals surface area contributed by atoms with E-state index in [1.165, 1.54) is 16.7 Å². The van der Waals surface area contributed by atoms with Gasteiger partial charge in [0.2, 0.25) is 0 Å². The first-order valence-corrected chi connectivity index (χ1v) is 26.0. The molecule has 0 saturated carbocycles.